The van der Waals surface area contributed by atoms with E-state index in [-0.39, 0.29) is 110 Å². The second-order valence-electron chi connectivity index (χ2n) is 17.1. The van der Waals surface area contributed by atoms with Crippen molar-refractivity contribution in [3.63, 3.8) is 0 Å². The van der Waals surface area contributed by atoms with E-state index in [2.05, 4.69) is 51.7 Å². The number of nitrogens with zero attached hydrogens (tertiary/aromatic N) is 13. The van der Waals surface area contributed by atoms with Crippen molar-refractivity contribution in [3.8, 4) is 11.6 Å². The standard InChI is InChI=1S/C25H27N9O8S2.C18H18N8O7S3.Na.H/c1-3-32-8-9-33(21(39)20(32)38)24(42)27-15(12-4-6-14(35)7-5-12)18(36)26-16-19(37)34-17(23(40)41)13(10-43-22(16)34)11-44-25-28-29-30-31(25)2;1-25-18(22-12(28)13(29)23-25)36-4-6-3-34-15-9(14(30)26(15)10(6)16(31)32)21-11(27)8(24-33-2)7-5-35-17(19)20-7;;/h4-7,15-16,22,35H,3,8-11H2,1-2H3,(H,26,36)(H,27,42)(H,40,41);5,9,15H,3-4H2,1-2H3,(H2,19,20)(H,21,27)(H,23,29)(H,31,32);;/b;24-8-;;/t15-,16-,22-;9-,15-;;/m11../s1. The number of benzene rings is 1. The monoisotopic (exact) mass is 1220 g/mol. The van der Waals surface area contributed by atoms with Crippen LogP contribution in [-0.2, 0) is 57.3 Å². The Morgan fingerprint density at radius 3 is 1.96 bits per heavy atom. The summed E-state index contributed by atoms with van der Waals surface area (Å²) in [4.78, 5) is 143. The number of likely N-dealkylation sites (N-methyl/N-ethyl adjacent to an activating group) is 1. The van der Waals surface area contributed by atoms with E-state index in [1.165, 1.54) is 93.4 Å². The summed E-state index contributed by atoms with van der Waals surface area (Å²) in [6, 6.07) is 0.847. The predicted molar refractivity (Wildman–Crippen MR) is 289 cm³/mol. The first kappa shape index (κ1) is 61.3. The number of carbonyl (C=O) groups is 9. The van der Waals surface area contributed by atoms with Crippen molar-refractivity contribution in [2.75, 3.05) is 55.5 Å². The average Bonchev–Trinajstić information content (AvgIpc) is 4.14. The number of nitrogens with one attached hydrogen (secondary N) is 3. The van der Waals surface area contributed by atoms with Crippen molar-refractivity contribution >= 4 is 152 Å². The van der Waals surface area contributed by atoms with Gasteiger partial charge in [0, 0.05) is 62.1 Å². The number of aromatic hydroxyl groups is 2. The number of hydrogen-bond acceptors (Lipinski definition) is 26. The fourth-order valence-electron chi connectivity index (χ4n) is 8.27. The number of anilines is 1. The van der Waals surface area contributed by atoms with E-state index in [0.29, 0.717) is 27.7 Å². The number of fused-ring (bicyclic) bond motifs is 2. The molecule has 9 rings (SSSR count). The molecule has 5 aliphatic rings. The van der Waals surface area contributed by atoms with Crippen molar-refractivity contribution in [3.05, 3.63) is 73.8 Å². The molecule has 8 heterocycles. The van der Waals surface area contributed by atoms with Gasteiger partial charge in [-0.3, -0.25) is 48.3 Å². The van der Waals surface area contributed by atoms with Gasteiger partial charge in [0.15, 0.2) is 16.0 Å². The number of phenolic OH excluding ortho intramolecular Hbond substituents is 1. The number of piperazine rings is 1. The number of carbonyl (C=O) groups excluding carboxylic acids is 7. The van der Waals surface area contributed by atoms with Crippen molar-refractivity contribution in [2.24, 2.45) is 19.3 Å². The van der Waals surface area contributed by atoms with Crippen LogP contribution in [0, 0.1) is 0 Å². The fourth-order valence-corrected chi connectivity index (χ4v) is 13.6. The number of carboxylic acids is 2. The maximum absolute atomic E-state index is 13.6. The summed E-state index contributed by atoms with van der Waals surface area (Å²) in [6.45, 7) is 2.04. The second kappa shape index (κ2) is 26.1. The number of carboxylic acid groups (broad SMARTS) is 2. The normalized spacial score (nSPS) is 19.9. The summed E-state index contributed by atoms with van der Waals surface area (Å²) in [5, 5.41) is 66.0. The van der Waals surface area contributed by atoms with Gasteiger partial charge in [-0.05, 0) is 46.2 Å². The van der Waals surface area contributed by atoms with Gasteiger partial charge in [-0.2, -0.15) is 4.98 Å². The number of oxime groups is 1. The number of phenols is 1. The average molecular weight is 1220 g/mol. The molecule has 0 bridgehead atoms. The molecule has 0 aliphatic carbocycles. The third kappa shape index (κ3) is 12.9. The van der Waals surface area contributed by atoms with Gasteiger partial charge in [-0.1, -0.05) is 40.8 Å². The predicted octanol–water partition coefficient (Wildman–Crippen LogP) is -2.96. The Labute approximate surface area is 499 Å². The van der Waals surface area contributed by atoms with E-state index < -0.39 is 93.7 Å². The molecule has 5 aliphatic heterocycles. The Bertz CT molecular complexity index is 3380. The molecule has 3 aromatic heterocycles. The molecule has 81 heavy (non-hydrogen) atoms. The van der Waals surface area contributed by atoms with Crippen LogP contribution in [-0.4, -0.2) is 241 Å². The van der Waals surface area contributed by atoms with Gasteiger partial charge >= 0.3 is 64.9 Å². The third-order valence-electron chi connectivity index (χ3n) is 12.2. The number of aliphatic carboxylic acids is 2. The first-order valence-electron chi connectivity index (χ1n) is 23.2. The van der Waals surface area contributed by atoms with Crippen molar-refractivity contribution in [2.45, 2.75) is 46.1 Å². The summed E-state index contributed by atoms with van der Waals surface area (Å²) in [7, 11) is 4.37. The van der Waals surface area contributed by atoms with Crippen molar-refractivity contribution in [1.82, 2.24) is 75.5 Å². The Morgan fingerprint density at radius 1 is 0.840 bits per heavy atom. The number of tetrazole rings is 1. The van der Waals surface area contributed by atoms with Crippen LogP contribution in [0.1, 0.15) is 24.2 Å². The Kier molecular flexibility index (Phi) is 19.8. The molecule has 3 saturated heterocycles. The number of rotatable bonds is 17. The van der Waals surface area contributed by atoms with E-state index in [0.717, 1.165) is 32.9 Å². The first-order chi connectivity index (χ1) is 38.1. The molecule has 0 spiro atoms. The van der Waals surface area contributed by atoms with Gasteiger partial charge in [0.2, 0.25) is 11.1 Å². The quantitative estimate of drug-likeness (QED) is 0.0131. The Balaban J connectivity index is 0.000000235. The maximum atomic E-state index is 13.6. The molecular formula is C43H46N17NaO15S5. The van der Waals surface area contributed by atoms with Gasteiger partial charge in [0.25, 0.3) is 23.6 Å². The van der Waals surface area contributed by atoms with E-state index >= 15 is 0 Å². The number of urea groups is 1. The van der Waals surface area contributed by atoms with E-state index in [4.69, 9.17) is 10.6 Å². The zero-order valence-electron chi connectivity index (χ0n) is 41.9. The molecule has 0 saturated carbocycles. The molecule has 3 fully saturated rings. The number of β-lactam (4-membered cyclic amide) rings is 2. The van der Waals surface area contributed by atoms with Crippen LogP contribution in [0.3, 0.4) is 0 Å². The Hall–Kier alpha value is -7.29. The second-order valence-corrected chi connectivity index (χ2v) is 22.1. The van der Waals surface area contributed by atoms with Crippen molar-refractivity contribution in [1.29, 1.82) is 0 Å². The summed E-state index contributed by atoms with van der Waals surface area (Å²) < 4.78 is 2.63. The number of thiazole rings is 1. The number of imide groups is 1. The molecule has 32 nitrogen and oxygen atoms in total. The first-order valence-corrected chi connectivity index (χ1v) is 28.1. The van der Waals surface area contributed by atoms with Gasteiger partial charge < -0.3 is 51.8 Å². The van der Waals surface area contributed by atoms with Gasteiger partial charge in [0.1, 0.15) is 58.8 Å². The number of amides is 8. The van der Waals surface area contributed by atoms with E-state index in [1.807, 2.05) is 0 Å². The minimum atomic E-state index is -1.42. The zero-order chi connectivity index (χ0) is 57.9. The molecule has 8 amide bonds. The third-order valence-corrected chi connectivity index (χ3v) is 17.7. The van der Waals surface area contributed by atoms with Gasteiger partial charge in [-0.25, -0.2) is 28.7 Å². The number of hydrogen-bond donors (Lipinski definition) is 8. The van der Waals surface area contributed by atoms with Gasteiger partial charge in [-0.15, -0.1) is 45.1 Å². The van der Waals surface area contributed by atoms with E-state index in [9.17, 15) is 68.4 Å². The van der Waals surface area contributed by atoms with Gasteiger partial charge in [0.05, 0.1) is 0 Å². The number of aromatic nitrogens is 8. The van der Waals surface area contributed by atoms with Crippen molar-refractivity contribution < 1.29 is 68.4 Å². The summed E-state index contributed by atoms with van der Waals surface area (Å²) in [5.41, 5.74) is 5.47. The zero-order valence-corrected chi connectivity index (χ0v) is 46.0. The molecule has 5 atom stereocenters. The van der Waals surface area contributed by atoms with E-state index in [1.54, 1.807) is 14.0 Å². The van der Waals surface area contributed by atoms with Crippen LogP contribution in [0.15, 0.2) is 72.4 Å². The van der Waals surface area contributed by atoms with Crippen LogP contribution in [0.25, 0.3) is 0 Å². The topological polar surface area (TPSA) is 435 Å². The van der Waals surface area contributed by atoms with Crippen LogP contribution < -0.4 is 27.2 Å². The number of aryl methyl sites for hydroxylation is 2. The number of nitrogens with two attached hydrogens (primary N) is 1. The summed E-state index contributed by atoms with van der Waals surface area (Å²) in [6.07, 6.45) is 0. The summed E-state index contributed by atoms with van der Waals surface area (Å²) >= 11 is 5.90. The molecule has 1 aromatic carbocycles. The molecule has 9 N–H and O–H groups in total. The Morgan fingerprint density at radius 2 is 1.43 bits per heavy atom. The fraction of sp³-hybridized carbons (Fsp3) is 0.372. The molecule has 0 unspecified atom stereocenters. The molecule has 4 aromatic rings. The van der Waals surface area contributed by atoms with Crippen LogP contribution >= 0.6 is 58.4 Å². The molecule has 424 valence electrons. The summed E-state index contributed by atoms with van der Waals surface area (Å²) in [5.74, 6) is -7.30. The molecule has 0 radical (unpaired) electrons. The van der Waals surface area contributed by atoms with Crippen LogP contribution in [0.5, 0.6) is 11.6 Å². The minimum absolute atomic E-state index is 0. The number of nitrogen functional groups attached to an aromatic ring is 1. The molecule has 38 heteroatoms. The SMILES string of the molecule is CCN1CCN(C(=O)N[C@@H](C(=O)N[C@@H]2C(=O)N3C(C(=O)O)=C(CSc4nnnn4C)CS[C@H]23)c2ccc(O)cc2)C(=O)C1=O.CO/N=C(\C(=O)N[C@@H]1C(=O)N2C(C(=O)O)=C(CSc3nc(=O)c(O)nn3C)CS[C@H]12)c1csc(N)n1.[NaH]. The number of thioether (sulfide) groups is 4. The van der Waals surface area contributed by atoms with Crippen LogP contribution in [0.4, 0.5) is 9.93 Å². The van der Waals surface area contributed by atoms with Crippen LogP contribution in [0.2, 0.25) is 0 Å². The molecular weight excluding hydrogens is 1180 g/mol.